The maximum atomic E-state index is 15.0. The van der Waals surface area contributed by atoms with Gasteiger partial charge in [-0.05, 0) is 42.7 Å². The van der Waals surface area contributed by atoms with Crippen LogP contribution in [0.5, 0.6) is 5.75 Å². The zero-order valence-corrected chi connectivity index (χ0v) is 19.1. The molecule has 0 atom stereocenters. The van der Waals surface area contributed by atoms with Crippen LogP contribution in [0.3, 0.4) is 0 Å². The Labute approximate surface area is 201 Å². The van der Waals surface area contributed by atoms with Crippen molar-refractivity contribution in [3.8, 4) is 5.75 Å². The summed E-state index contributed by atoms with van der Waals surface area (Å²) in [4.78, 5) is 27.8. The van der Waals surface area contributed by atoms with Crippen LogP contribution < -0.4 is 15.8 Å². The molecule has 2 N–H and O–H groups in total. The minimum absolute atomic E-state index is 0. The van der Waals surface area contributed by atoms with Gasteiger partial charge >= 0.3 is 0 Å². The van der Waals surface area contributed by atoms with Crippen molar-refractivity contribution >= 4 is 41.1 Å². The summed E-state index contributed by atoms with van der Waals surface area (Å²) in [5, 5.41) is 13.6. The molecule has 34 heavy (non-hydrogen) atoms. The molecule has 10 heteroatoms. The molecule has 2 aromatic carbocycles. The van der Waals surface area contributed by atoms with Crippen molar-refractivity contribution < 1.29 is 19.0 Å². The Balaban J connectivity index is 0.00000274. The van der Waals surface area contributed by atoms with E-state index < -0.39 is 17.2 Å². The van der Waals surface area contributed by atoms with E-state index in [9.17, 15) is 14.7 Å². The number of fused-ring (bicyclic) bond motifs is 1. The molecule has 1 aliphatic carbocycles. The number of hydrogen-bond donors (Lipinski definition) is 2. The number of benzene rings is 2. The number of carbonyl (C=O) groups excluding carboxylic acids is 1. The molecule has 178 valence electrons. The molecule has 5 rings (SSSR count). The fourth-order valence-corrected chi connectivity index (χ4v) is 4.05. The third kappa shape index (κ3) is 4.76. The molecule has 0 unspecified atom stereocenters. The molecule has 0 bridgehead atoms. The van der Waals surface area contributed by atoms with E-state index in [1.54, 1.807) is 24.4 Å². The smallest absolute Gasteiger partial charge is 0.276 e. The highest BCUT2D eigenvalue weighted by molar-refractivity contribution is 5.98. The molecular formula is C24H24ClFN4O4. The van der Waals surface area contributed by atoms with Gasteiger partial charge in [0.2, 0.25) is 5.43 Å². The number of ether oxygens (including phenoxy) is 1. The molecule has 2 aliphatic rings. The van der Waals surface area contributed by atoms with Gasteiger partial charge in [-0.15, -0.1) is 12.4 Å². The van der Waals surface area contributed by atoms with Crippen LogP contribution in [0.15, 0.2) is 52.5 Å². The normalized spacial score (nSPS) is 16.0. The zero-order chi connectivity index (χ0) is 22.9. The molecule has 3 aromatic rings. The number of nitrogens with zero attached hydrogens (tertiary/aromatic N) is 3. The van der Waals surface area contributed by atoms with Crippen LogP contribution in [0.4, 0.5) is 10.1 Å². The first-order chi connectivity index (χ1) is 16.0. The van der Waals surface area contributed by atoms with E-state index in [0.717, 1.165) is 12.8 Å². The van der Waals surface area contributed by atoms with Gasteiger partial charge in [0.25, 0.3) is 5.91 Å². The monoisotopic (exact) mass is 486 g/mol. The summed E-state index contributed by atoms with van der Waals surface area (Å²) in [6.07, 6.45) is 4.77. The van der Waals surface area contributed by atoms with E-state index >= 15 is 4.39 Å². The summed E-state index contributed by atoms with van der Waals surface area (Å²) in [6.45, 7) is 2.20. The van der Waals surface area contributed by atoms with Crippen molar-refractivity contribution in [1.29, 1.82) is 0 Å². The summed E-state index contributed by atoms with van der Waals surface area (Å²) >= 11 is 0. The second kappa shape index (κ2) is 9.82. The Morgan fingerprint density at radius 2 is 1.97 bits per heavy atom. The van der Waals surface area contributed by atoms with Gasteiger partial charge in [0, 0.05) is 30.7 Å². The van der Waals surface area contributed by atoms with Crippen molar-refractivity contribution in [1.82, 2.24) is 9.99 Å². The topological polar surface area (TPSA) is 96.2 Å². The van der Waals surface area contributed by atoms with Gasteiger partial charge in [0.05, 0.1) is 30.6 Å². The molecular weight excluding hydrogens is 463 g/mol. The molecule has 0 radical (unpaired) electrons. The molecule has 1 aromatic heterocycles. The highest BCUT2D eigenvalue weighted by Gasteiger charge is 2.28. The van der Waals surface area contributed by atoms with Crippen molar-refractivity contribution in [2.24, 2.45) is 5.10 Å². The quantitative estimate of drug-likeness (QED) is 0.426. The third-order valence-corrected chi connectivity index (χ3v) is 5.89. The minimum atomic E-state index is -0.676. The van der Waals surface area contributed by atoms with Crippen molar-refractivity contribution in [3.05, 3.63) is 69.8 Å². The number of aromatic hydroxyl groups is 1. The molecule has 0 spiro atoms. The van der Waals surface area contributed by atoms with Crippen LogP contribution in [0.2, 0.25) is 0 Å². The van der Waals surface area contributed by atoms with Crippen molar-refractivity contribution in [2.45, 2.75) is 18.9 Å². The van der Waals surface area contributed by atoms with E-state index in [1.807, 2.05) is 9.47 Å². The summed E-state index contributed by atoms with van der Waals surface area (Å²) in [5.74, 6) is -1.10. The third-order valence-electron chi connectivity index (χ3n) is 5.89. The number of halogens is 2. The Hall–Kier alpha value is -3.43. The van der Waals surface area contributed by atoms with Crippen LogP contribution >= 0.6 is 12.4 Å². The number of phenols is 1. The molecule has 1 amide bonds. The summed E-state index contributed by atoms with van der Waals surface area (Å²) in [7, 11) is 0. The van der Waals surface area contributed by atoms with Gasteiger partial charge in [0.1, 0.15) is 17.1 Å². The lowest BCUT2D eigenvalue weighted by molar-refractivity contribution is 0.0953. The summed E-state index contributed by atoms with van der Waals surface area (Å²) in [5.41, 5.74) is 3.36. The lowest BCUT2D eigenvalue weighted by Crippen LogP contribution is -2.37. The fourth-order valence-electron chi connectivity index (χ4n) is 4.05. The van der Waals surface area contributed by atoms with Crippen LogP contribution in [0, 0.1) is 5.82 Å². The van der Waals surface area contributed by atoms with E-state index in [2.05, 4.69) is 10.5 Å². The summed E-state index contributed by atoms with van der Waals surface area (Å²) < 4.78 is 22.3. The zero-order valence-electron chi connectivity index (χ0n) is 18.2. The van der Waals surface area contributed by atoms with Gasteiger partial charge in [-0.1, -0.05) is 12.1 Å². The minimum Gasteiger partial charge on any atom is -0.508 e. The van der Waals surface area contributed by atoms with Gasteiger partial charge in [-0.2, -0.15) is 5.10 Å². The highest BCUT2D eigenvalue weighted by Crippen LogP contribution is 2.38. The number of amides is 1. The maximum absolute atomic E-state index is 15.0. The lowest BCUT2D eigenvalue weighted by Gasteiger charge is -2.29. The van der Waals surface area contributed by atoms with E-state index in [-0.39, 0.29) is 35.1 Å². The number of rotatable bonds is 5. The number of hydrazone groups is 1. The first-order valence-electron chi connectivity index (χ1n) is 10.8. The lowest BCUT2D eigenvalue weighted by atomic mass is 10.1. The Kier molecular flexibility index (Phi) is 6.85. The molecule has 1 saturated carbocycles. The number of morpholine rings is 1. The van der Waals surface area contributed by atoms with E-state index in [4.69, 9.17) is 4.74 Å². The van der Waals surface area contributed by atoms with Gasteiger partial charge in [0.15, 0.2) is 0 Å². The Bertz CT molecular complexity index is 1320. The van der Waals surface area contributed by atoms with Crippen molar-refractivity contribution in [2.75, 3.05) is 31.2 Å². The second-order valence-electron chi connectivity index (χ2n) is 8.22. The number of hydrogen-bond acceptors (Lipinski definition) is 6. The Morgan fingerprint density at radius 3 is 2.68 bits per heavy atom. The average molecular weight is 487 g/mol. The first kappa shape index (κ1) is 23.7. The Morgan fingerprint density at radius 1 is 1.21 bits per heavy atom. The number of aromatic nitrogens is 1. The number of carbonyl (C=O) groups is 1. The second-order valence-corrected chi connectivity index (χ2v) is 8.22. The van der Waals surface area contributed by atoms with Gasteiger partial charge in [-0.25, -0.2) is 9.82 Å². The SMILES string of the molecule is Cl.O=C(N/N=C\c1cccc(O)c1)c1cn(C2CC2)c2cc(N3CCOCC3)c(F)cc2c1=O. The molecule has 1 aliphatic heterocycles. The fraction of sp³-hybridized carbons (Fsp3) is 0.292. The number of phenolic OH excluding ortho intramolecular Hbond substituents is 1. The van der Waals surface area contributed by atoms with E-state index in [0.29, 0.717) is 43.1 Å². The standard InChI is InChI=1S/C24H23FN4O4.ClH/c25-20-11-18-21(12-22(20)28-6-8-33-9-7-28)29(16-4-5-16)14-19(23(18)31)24(32)27-26-13-15-2-1-3-17(30)10-15;/h1-3,10-14,16,30H,4-9H2,(H,27,32);1H/b26-13-;. The van der Waals surface area contributed by atoms with Gasteiger partial charge < -0.3 is 19.3 Å². The van der Waals surface area contributed by atoms with E-state index in [1.165, 1.54) is 24.4 Å². The molecule has 1 saturated heterocycles. The van der Waals surface area contributed by atoms with Crippen LogP contribution in [0.25, 0.3) is 10.9 Å². The largest absolute Gasteiger partial charge is 0.508 e. The van der Waals surface area contributed by atoms with Crippen LogP contribution in [0.1, 0.15) is 34.8 Å². The predicted octanol–water partition coefficient (Wildman–Crippen LogP) is 3.20. The number of pyridine rings is 1. The maximum Gasteiger partial charge on any atom is 0.276 e. The predicted molar refractivity (Wildman–Crippen MR) is 130 cm³/mol. The summed E-state index contributed by atoms with van der Waals surface area (Å²) in [6, 6.07) is 9.47. The van der Waals surface area contributed by atoms with Crippen LogP contribution in [-0.4, -0.2) is 48.1 Å². The molecule has 2 heterocycles. The van der Waals surface area contributed by atoms with Crippen LogP contribution in [-0.2, 0) is 4.74 Å². The number of nitrogens with one attached hydrogen (secondary N) is 1. The highest BCUT2D eigenvalue weighted by atomic mass is 35.5. The first-order valence-corrected chi connectivity index (χ1v) is 10.8. The molecule has 8 nitrogen and oxygen atoms in total. The average Bonchev–Trinajstić information content (AvgIpc) is 3.65. The van der Waals surface area contributed by atoms with Gasteiger partial charge in [-0.3, -0.25) is 9.59 Å². The number of anilines is 1. The van der Waals surface area contributed by atoms with Crippen molar-refractivity contribution in [3.63, 3.8) is 0 Å². The molecule has 2 fully saturated rings.